The zero-order chi connectivity index (χ0) is 11.7. The molecule has 5 heteroatoms. The van der Waals surface area contributed by atoms with Crippen LogP contribution in [-0.4, -0.2) is 5.16 Å². The quantitative estimate of drug-likeness (QED) is 0.934. The van der Waals surface area contributed by atoms with Crippen LogP contribution < -0.4 is 5.73 Å². The maximum absolute atomic E-state index is 5.83. The van der Waals surface area contributed by atoms with Crippen molar-refractivity contribution in [2.45, 2.75) is 20.3 Å². The van der Waals surface area contributed by atoms with Gasteiger partial charge in [-0.3, -0.25) is 0 Å². The molecule has 0 amide bonds. The Kier molecular flexibility index (Phi) is 3.35. The summed E-state index contributed by atoms with van der Waals surface area (Å²) in [5, 5.41) is 5.87. The Morgan fingerprint density at radius 3 is 2.88 bits per heavy atom. The monoisotopic (exact) mass is 300 g/mol. The second-order valence-electron chi connectivity index (χ2n) is 4.07. The minimum atomic E-state index is 0.504. The number of thiophene rings is 1. The highest BCUT2D eigenvalue weighted by molar-refractivity contribution is 9.10. The van der Waals surface area contributed by atoms with Gasteiger partial charge in [0.15, 0.2) is 11.6 Å². The third-order valence-corrected chi connectivity index (χ3v) is 4.09. The zero-order valence-corrected chi connectivity index (χ0v) is 11.6. The summed E-state index contributed by atoms with van der Waals surface area (Å²) in [6.07, 6.45) is 0.884. The predicted molar refractivity (Wildman–Crippen MR) is 70.5 cm³/mol. The lowest BCUT2D eigenvalue weighted by Gasteiger charge is -2.04. The molecule has 0 saturated carbocycles. The molecule has 0 unspecified atom stereocenters. The molecule has 0 aromatic carbocycles. The maximum Gasteiger partial charge on any atom is 0.183 e. The van der Waals surface area contributed by atoms with Crippen LogP contribution in [0.15, 0.2) is 20.4 Å². The van der Waals surface area contributed by atoms with Gasteiger partial charge in [-0.15, -0.1) is 11.3 Å². The molecular formula is C11H13BrN2OS. The number of nitrogens with two attached hydrogens (primary N) is 1. The van der Waals surface area contributed by atoms with Crippen LogP contribution >= 0.6 is 27.3 Å². The number of anilines is 1. The molecule has 3 nitrogen and oxygen atoms in total. The summed E-state index contributed by atoms with van der Waals surface area (Å²) in [7, 11) is 0. The first-order valence-corrected chi connectivity index (χ1v) is 6.74. The van der Waals surface area contributed by atoms with Gasteiger partial charge in [-0.05, 0) is 39.7 Å². The molecule has 16 heavy (non-hydrogen) atoms. The van der Waals surface area contributed by atoms with Crippen LogP contribution in [0.4, 0.5) is 5.82 Å². The highest BCUT2D eigenvalue weighted by Gasteiger charge is 2.19. The molecule has 2 rings (SSSR count). The topological polar surface area (TPSA) is 52.0 Å². The maximum atomic E-state index is 5.83. The Bertz CT molecular complexity index is 490. The smallest absolute Gasteiger partial charge is 0.183 e. The first kappa shape index (κ1) is 11.7. The summed E-state index contributed by atoms with van der Waals surface area (Å²) < 4.78 is 6.35. The van der Waals surface area contributed by atoms with E-state index in [-0.39, 0.29) is 0 Å². The van der Waals surface area contributed by atoms with Crippen molar-refractivity contribution in [3.63, 3.8) is 0 Å². The summed E-state index contributed by atoms with van der Waals surface area (Å²) in [5.74, 6) is 1.83. The van der Waals surface area contributed by atoms with E-state index in [4.69, 9.17) is 10.3 Å². The van der Waals surface area contributed by atoms with Crippen LogP contribution in [0.1, 0.15) is 19.4 Å². The first-order valence-electron chi connectivity index (χ1n) is 5.07. The fourth-order valence-electron chi connectivity index (χ4n) is 1.56. The predicted octanol–water partition coefficient (Wildman–Crippen LogP) is 3.95. The van der Waals surface area contributed by atoms with Gasteiger partial charge in [0.05, 0.1) is 4.88 Å². The van der Waals surface area contributed by atoms with Gasteiger partial charge in [-0.25, -0.2) is 0 Å². The van der Waals surface area contributed by atoms with E-state index in [1.807, 2.05) is 11.4 Å². The average Bonchev–Trinajstić information content (AvgIpc) is 2.75. The molecule has 2 heterocycles. The van der Waals surface area contributed by atoms with Gasteiger partial charge in [0.25, 0.3) is 0 Å². The van der Waals surface area contributed by atoms with E-state index in [1.54, 1.807) is 11.3 Å². The third-order valence-electron chi connectivity index (χ3n) is 2.25. The van der Waals surface area contributed by atoms with E-state index >= 15 is 0 Å². The van der Waals surface area contributed by atoms with Crippen molar-refractivity contribution in [3.8, 4) is 10.6 Å². The molecule has 0 bridgehead atoms. The minimum Gasteiger partial charge on any atom is -0.381 e. The molecule has 0 radical (unpaired) electrons. The second-order valence-corrected chi connectivity index (χ2v) is 5.84. The SMILES string of the molecule is CC(C)Cc1c(N)noc1-c1sccc1Br. The van der Waals surface area contributed by atoms with E-state index in [2.05, 4.69) is 34.9 Å². The molecule has 0 atom stereocenters. The third kappa shape index (κ3) is 2.15. The largest absolute Gasteiger partial charge is 0.381 e. The van der Waals surface area contributed by atoms with Gasteiger partial charge >= 0.3 is 0 Å². The van der Waals surface area contributed by atoms with Crippen LogP contribution in [0.3, 0.4) is 0 Å². The van der Waals surface area contributed by atoms with Gasteiger partial charge in [-0.1, -0.05) is 19.0 Å². The van der Waals surface area contributed by atoms with Crippen molar-refractivity contribution in [1.29, 1.82) is 0 Å². The van der Waals surface area contributed by atoms with Crippen molar-refractivity contribution in [2.75, 3.05) is 5.73 Å². The lowest BCUT2D eigenvalue weighted by atomic mass is 10.0. The van der Waals surface area contributed by atoms with Gasteiger partial charge in [0.2, 0.25) is 0 Å². The zero-order valence-electron chi connectivity index (χ0n) is 9.16. The Hall–Kier alpha value is -0.810. The van der Waals surface area contributed by atoms with E-state index in [0.717, 1.165) is 27.1 Å². The number of hydrogen-bond acceptors (Lipinski definition) is 4. The Balaban J connectivity index is 2.46. The molecular weight excluding hydrogens is 288 g/mol. The highest BCUT2D eigenvalue weighted by Crippen LogP contribution is 2.38. The number of nitrogens with zero attached hydrogens (tertiary/aromatic N) is 1. The van der Waals surface area contributed by atoms with Gasteiger partial charge in [0, 0.05) is 10.0 Å². The summed E-state index contributed by atoms with van der Waals surface area (Å²) in [6.45, 7) is 4.30. The van der Waals surface area contributed by atoms with E-state index in [0.29, 0.717) is 11.7 Å². The van der Waals surface area contributed by atoms with Crippen molar-refractivity contribution < 1.29 is 4.52 Å². The molecule has 0 aliphatic heterocycles. The van der Waals surface area contributed by atoms with Crippen LogP contribution in [0.25, 0.3) is 10.6 Å². The lowest BCUT2D eigenvalue weighted by Crippen LogP contribution is -1.98. The summed E-state index contributed by atoms with van der Waals surface area (Å²) in [4.78, 5) is 1.06. The Morgan fingerprint density at radius 1 is 1.56 bits per heavy atom. The van der Waals surface area contributed by atoms with Crippen LogP contribution in [0, 0.1) is 5.92 Å². The van der Waals surface area contributed by atoms with Crippen molar-refractivity contribution >= 4 is 33.1 Å². The second kappa shape index (κ2) is 4.59. The molecule has 0 aliphatic carbocycles. The van der Waals surface area contributed by atoms with Crippen molar-refractivity contribution in [3.05, 3.63) is 21.5 Å². The molecule has 2 aromatic rings. The minimum absolute atomic E-state index is 0.504. The number of aromatic nitrogens is 1. The fraction of sp³-hybridized carbons (Fsp3) is 0.364. The lowest BCUT2D eigenvalue weighted by molar-refractivity contribution is 0.435. The van der Waals surface area contributed by atoms with Crippen LogP contribution in [-0.2, 0) is 6.42 Å². The average molecular weight is 301 g/mol. The van der Waals surface area contributed by atoms with Crippen molar-refractivity contribution in [2.24, 2.45) is 5.92 Å². The van der Waals surface area contributed by atoms with Crippen molar-refractivity contribution in [1.82, 2.24) is 5.16 Å². The van der Waals surface area contributed by atoms with E-state index < -0.39 is 0 Å². The highest BCUT2D eigenvalue weighted by atomic mass is 79.9. The van der Waals surface area contributed by atoms with E-state index in [9.17, 15) is 0 Å². The van der Waals surface area contributed by atoms with Gasteiger partial charge < -0.3 is 10.3 Å². The molecule has 0 aliphatic rings. The molecule has 0 saturated heterocycles. The van der Waals surface area contributed by atoms with Crippen LogP contribution in [0.5, 0.6) is 0 Å². The normalized spacial score (nSPS) is 11.2. The van der Waals surface area contributed by atoms with Gasteiger partial charge in [-0.2, -0.15) is 0 Å². The standard InChI is InChI=1S/C11H13BrN2OS/c1-6(2)5-7-9(15-14-11(7)13)10-8(12)3-4-16-10/h3-4,6H,5H2,1-2H3,(H2,13,14). The fourth-order valence-corrected chi connectivity index (χ4v) is 3.12. The molecule has 0 spiro atoms. The number of rotatable bonds is 3. The number of halogens is 1. The Morgan fingerprint density at radius 2 is 2.31 bits per heavy atom. The molecule has 2 aromatic heterocycles. The summed E-state index contributed by atoms with van der Waals surface area (Å²) in [6, 6.07) is 2.00. The van der Waals surface area contributed by atoms with Crippen LogP contribution in [0.2, 0.25) is 0 Å². The summed E-state index contributed by atoms with van der Waals surface area (Å²) >= 11 is 5.12. The molecule has 2 N–H and O–H groups in total. The summed E-state index contributed by atoms with van der Waals surface area (Å²) in [5.41, 5.74) is 6.84. The number of hydrogen-bond donors (Lipinski definition) is 1. The number of nitrogen functional groups attached to an aromatic ring is 1. The molecule has 0 fully saturated rings. The van der Waals surface area contributed by atoms with Gasteiger partial charge in [0.1, 0.15) is 0 Å². The first-order chi connectivity index (χ1) is 7.59. The van der Waals surface area contributed by atoms with E-state index in [1.165, 1.54) is 0 Å². The Labute approximate surface area is 107 Å². The molecule has 86 valence electrons.